The number of urea groups is 1. The van der Waals surface area contributed by atoms with Crippen molar-refractivity contribution in [2.75, 3.05) is 13.1 Å². The van der Waals surface area contributed by atoms with E-state index in [1.54, 1.807) is 11.0 Å². The summed E-state index contributed by atoms with van der Waals surface area (Å²) in [5, 5.41) is 11.4. The molecular weight excluding hydrogens is 618 g/mol. The molecule has 10 nitrogen and oxygen atoms in total. The van der Waals surface area contributed by atoms with Crippen LogP contribution in [-0.2, 0) is 24.7 Å². The quantitative estimate of drug-likeness (QED) is 0.153. The number of Topliss-reactive ketones (excluding diaryl/α,β-unsaturated/α-hetero) is 1. The molecule has 10 heteroatoms. The second-order valence-electron chi connectivity index (χ2n) is 15.1. The van der Waals surface area contributed by atoms with E-state index in [1.807, 2.05) is 45.0 Å². The normalized spacial score (nSPS) is 22.5. The Morgan fingerprint density at radius 2 is 1.73 bits per heavy atom. The van der Waals surface area contributed by atoms with Crippen LogP contribution in [0, 0.1) is 23.2 Å². The van der Waals surface area contributed by atoms with Crippen molar-refractivity contribution < 1.29 is 24.0 Å². The number of carbonyl (C=O) groups excluding carboxylic acids is 5. The van der Waals surface area contributed by atoms with Crippen molar-refractivity contribution in [3.8, 4) is 0 Å². The minimum atomic E-state index is -1.07. The van der Waals surface area contributed by atoms with E-state index in [4.69, 9.17) is 0 Å². The smallest absolute Gasteiger partial charge is 0.316 e. The largest absolute Gasteiger partial charge is 0.346 e. The van der Waals surface area contributed by atoms with Crippen LogP contribution in [0.2, 0.25) is 0 Å². The highest BCUT2D eigenvalue weighted by Gasteiger charge is 2.69. The highest BCUT2D eigenvalue weighted by molar-refractivity contribution is 6.38. The summed E-state index contributed by atoms with van der Waals surface area (Å²) in [6, 6.07) is 4.68. The van der Waals surface area contributed by atoms with Gasteiger partial charge in [0.25, 0.3) is 5.91 Å². The average Bonchev–Trinajstić information content (AvgIpc) is 3.38. The first-order chi connectivity index (χ1) is 23.1. The van der Waals surface area contributed by atoms with Gasteiger partial charge in [-0.05, 0) is 86.8 Å². The topological polar surface area (TPSA) is 137 Å². The van der Waals surface area contributed by atoms with E-state index in [9.17, 15) is 24.0 Å². The second-order valence-corrected chi connectivity index (χ2v) is 15.1. The minimum Gasteiger partial charge on any atom is -0.346 e. The summed E-state index contributed by atoms with van der Waals surface area (Å²) in [6.45, 7) is 21.8. The summed E-state index contributed by atoms with van der Waals surface area (Å²) < 4.78 is 0. The van der Waals surface area contributed by atoms with E-state index < -0.39 is 47.3 Å². The van der Waals surface area contributed by atoms with E-state index in [0.717, 1.165) is 48.8 Å². The van der Waals surface area contributed by atoms with Crippen molar-refractivity contribution in [3.05, 3.63) is 67.3 Å². The summed E-state index contributed by atoms with van der Waals surface area (Å²) in [6.07, 6.45) is 8.29. The molecule has 1 saturated heterocycles. The molecule has 2 aliphatic carbocycles. The van der Waals surface area contributed by atoms with E-state index in [2.05, 4.69) is 54.9 Å². The summed E-state index contributed by atoms with van der Waals surface area (Å²) >= 11 is 0. The standard InChI is InChI=1S/C39H55N5O5/c1-9-11-20-29(33(45)35(47)40-21-10-2)41-34(46)32-30-28(38(30,5)6)23-44(32)36(48)31(25-16-13-12-14-17-25)42-37(49)43-39(7,8)27-19-15-18-26(22-27)24(3)4/h9-10,15,18-19,22,25,28-32H,1-3,11-14,16-17,20-21,23H2,4-8H3,(H,40,47)(H,41,46)(H2,42,43,49)/t28?,29?,30-,31-,32-/m0/s1. The van der Waals surface area contributed by atoms with Crippen LogP contribution in [0.3, 0.4) is 0 Å². The number of nitrogens with zero attached hydrogens (tertiary/aromatic N) is 1. The van der Waals surface area contributed by atoms with E-state index in [0.29, 0.717) is 13.0 Å². The number of piperidine rings is 1. The first-order valence-corrected chi connectivity index (χ1v) is 17.6. The average molecular weight is 674 g/mol. The van der Waals surface area contributed by atoms with Gasteiger partial charge in [-0.25, -0.2) is 4.79 Å². The number of likely N-dealkylation sites (tertiary alicyclic amines) is 1. The number of benzene rings is 1. The van der Waals surface area contributed by atoms with Crippen molar-refractivity contribution in [1.82, 2.24) is 26.2 Å². The van der Waals surface area contributed by atoms with Crippen LogP contribution in [0.1, 0.15) is 90.7 Å². The van der Waals surface area contributed by atoms with Crippen LogP contribution in [-0.4, -0.2) is 65.7 Å². The fourth-order valence-corrected chi connectivity index (χ4v) is 7.77. The van der Waals surface area contributed by atoms with Crippen molar-refractivity contribution in [2.24, 2.45) is 23.2 Å². The molecule has 266 valence electrons. The summed E-state index contributed by atoms with van der Waals surface area (Å²) in [7, 11) is 0. The summed E-state index contributed by atoms with van der Waals surface area (Å²) in [4.78, 5) is 69.7. The third kappa shape index (κ3) is 8.51. The highest BCUT2D eigenvalue weighted by atomic mass is 16.2. The number of allylic oxidation sites excluding steroid dienone is 2. The van der Waals surface area contributed by atoms with Gasteiger partial charge in [-0.2, -0.15) is 0 Å². The van der Waals surface area contributed by atoms with Gasteiger partial charge in [-0.1, -0.05) is 75.6 Å². The number of hydrogen-bond acceptors (Lipinski definition) is 5. The van der Waals surface area contributed by atoms with Gasteiger partial charge in [-0.3, -0.25) is 19.2 Å². The highest BCUT2D eigenvalue weighted by Crippen LogP contribution is 2.65. The number of fused-ring (bicyclic) bond motifs is 1. The predicted octanol–water partition coefficient (Wildman–Crippen LogP) is 5.01. The van der Waals surface area contributed by atoms with Crippen molar-refractivity contribution in [2.45, 2.75) is 103 Å². The number of rotatable bonds is 15. The van der Waals surface area contributed by atoms with Crippen LogP contribution < -0.4 is 21.3 Å². The molecule has 1 aromatic rings. The molecule has 2 unspecified atom stereocenters. The molecule has 1 heterocycles. The molecule has 0 aromatic heterocycles. The van der Waals surface area contributed by atoms with Gasteiger partial charge in [0.1, 0.15) is 12.1 Å². The fourth-order valence-electron chi connectivity index (χ4n) is 7.77. The number of hydrogen-bond donors (Lipinski definition) is 4. The lowest BCUT2D eigenvalue weighted by molar-refractivity contribution is -0.144. The second kappa shape index (κ2) is 15.6. The van der Waals surface area contributed by atoms with Crippen molar-refractivity contribution >= 4 is 35.1 Å². The third-order valence-corrected chi connectivity index (χ3v) is 10.9. The predicted molar refractivity (Wildman–Crippen MR) is 192 cm³/mol. The Morgan fingerprint density at radius 1 is 1.04 bits per heavy atom. The lowest BCUT2D eigenvalue weighted by Crippen LogP contribution is -2.61. The summed E-state index contributed by atoms with van der Waals surface area (Å²) in [5.41, 5.74) is 1.88. The molecule has 1 aromatic carbocycles. The molecule has 1 aliphatic heterocycles. The van der Waals surface area contributed by atoms with Crippen LogP contribution >= 0.6 is 0 Å². The molecule has 0 spiro atoms. The molecule has 0 bridgehead atoms. The molecule has 5 amide bonds. The Bertz CT molecular complexity index is 1480. The molecule has 49 heavy (non-hydrogen) atoms. The van der Waals surface area contributed by atoms with Crippen LogP contribution in [0.25, 0.3) is 5.57 Å². The molecule has 4 N–H and O–H groups in total. The lowest BCUT2D eigenvalue weighted by atomic mass is 9.83. The van der Waals surface area contributed by atoms with Gasteiger partial charge in [-0.15, -0.1) is 13.2 Å². The monoisotopic (exact) mass is 673 g/mol. The fraction of sp³-hybridized carbons (Fsp3) is 0.564. The summed E-state index contributed by atoms with van der Waals surface area (Å²) in [5.74, 6) is -2.39. The van der Waals surface area contributed by atoms with E-state index in [1.165, 1.54) is 6.08 Å². The zero-order valence-electron chi connectivity index (χ0n) is 29.9. The first-order valence-electron chi connectivity index (χ1n) is 17.6. The maximum absolute atomic E-state index is 14.6. The lowest BCUT2D eigenvalue weighted by Gasteiger charge is -2.38. The molecule has 3 fully saturated rings. The number of ketones is 1. The maximum atomic E-state index is 14.6. The molecule has 5 atom stereocenters. The maximum Gasteiger partial charge on any atom is 0.316 e. The SMILES string of the molecule is C=CCCC(NC(=O)[C@@H]1[C@@H]2C(CN1C(=O)[C@@H](NC(=O)NC(C)(C)c1cccc(C(=C)C)c1)C1CCCCC1)C2(C)C)C(=O)C(=O)NCC=C. The molecule has 2 saturated carbocycles. The first kappa shape index (κ1) is 37.6. The van der Waals surface area contributed by atoms with Gasteiger partial charge >= 0.3 is 6.03 Å². The van der Waals surface area contributed by atoms with Crippen molar-refractivity contribution in [1.29, 1.82) is 0 Å². The molecular formula is C39H55N5O5. The van der Waals surface area contributed by atoms with E-state index in [-0.39, 0.29) is 42.0 Å². The Balaban J connectivity index is 1.57. The van der Waals surface area contributed by atoms with Crippen LogP contribution in [0.15, 0.2) is 56.2 Å². The molecule has 4 rings (SSSR count). The van der Waals surface area contributed by atoms with Gasteiger partial charge < -0.3 is 26.2 Å². The number of amides is 5. The Labute approximate surface area is 291 Å². The van der Waals surface area contributed by atoms with E-state index >= 15 is 0 Å². The van der Waals surface area contributed by atoms with Crippen LogP contribution in [0.5, 0.6) is 0 Å². The zero-order valence-corrected chi connectivity index (χ0v) is 29.9. The Kier molecular flexibility index (Phi) is 11.9. The van der Waals surface area contributed by atoms with Gasteiger partial charge in [0, 0.05) is 13.1 Å². The third-order valence-electron chi connectivity index (χ3n) is 10.9. The Morgan fingerprint density at radius 3 is 2.37 bits per heavy atom. The molecule has 0 radical (unpaired) electrons. The Hall–Kier alpha value is -4.21. The number of nitrogens with one attached hydrogen (secondary N) is 4. The van der Waals surface area contributed by atoms with Crippen molar-refractivity contribution in [3.63, 3.8) is 0 Å². The molecule has 3 aliphatic rings. The van der Waals surface area contributed by atoms with Crippen LogP contribution in [0.4, 0.5) is 4.79 Å². The zero-order chi connectivity index (χ0) is 36.1. The number of carbonyl (C=O) groups is 5. The van der Waals surface area contributed by atoms with Gasteiger partial charge in [0.15, 0.2) is 0 Å². The van der Waals surface area contributed by atoms with Gasteiger partial charge in [0.05, 0.1) is 11.6 Å². The minimum absolute atomic E-state index is 0.0778. The van der Waals surface area contributed by atoms with Gasteiger partial charge in [0.2, 0.25) is 17.6 Å².